The van der Waals surface area contributed by atoms with Gasteiger partial charge in [-0.1, -0.05) is 56.7 Å². The summed E-state index contributed by atoms with van der Waals surface area (Å²) in [5.74, 6) is -4.23. The molecule has 0 aliphatic carbocycles. The van der Waals surface area contributed by atoms with Crippen molar-refractivity contribution < 1.29 is 51.4 Å². The molecule has 13 heteroatoms. The van der Waals surface area contributed by atoms with Gasteiger partial charge in [-0.2, -0.15) is 13.2 Å². The van der Waals surface area contributed by atoms with E-state index in [2.05, 4.69) is 5.32 Å². The van der Waals surface area contributed by atoms with E-state index in [9.17, 15) is 37.1 Å². The van der Waals surface area contributed by atoms with Crippen LogP contribution in [0.4, 0.5) is 18.9 Å². The Labute approximate surface area is 288 Å². The number of carbonyl (C=O) groups excluding carboxylic acids is 5. The van der Waals surface area contributed by atoms with Gasteiger partial charge in [0.1, 0.15) is 6.61 Å². The average Bonchev–Trinajstić information content (AvgIpc) is 3.08. The molecule has 0 radical (unpaired) electrons. The van der Waals surface area contributed by atoms with E-state index in [1.165, 1.54) is 55.4 Å². The van der Waals surface area contributed by atoms with E-state index in [1.54, 1.807) is 45.9 Å². The fraction of sp³-hybridized carbons (Fsp3) is 0.378. The Bertz CT molecular complexity index is 1690. The summed E-state index contributed by atoms with van der Waals surface area (Å²) in [5, 5.41) is 2.72. The lowest BCUT2D eigenvalue weighted by atomic mass is 9.75. The minimum absolute atomic E-state index is 0.00340. The summed E-state index contributed by atoms with van der Waals surface area (Å²) in [4.78, 5) is 67.3. The van der Waals surface area contributed by atoms with Gasteiger partial charge in [-0.05, 0) is 66.8 Å². The smallest absolute Gasteiger partial charge is 0.416 e. The van der Waals surface area contributed by atoms with Crippen molar-refractivity contribution >= 4 is 35.4 Å². The van der Waals surface area contributed by atoms with Gasteiger partial charge in [0.2, 0.25) is 5.41 Å². The fourth-order valence-corrected chi connectivity index (χ4v) is 5.22. The van der Waals surface area contributed by atoms with Gasteiger partial charge in [0.25, 0.3) is 11.8 Å². The summed E-state index contributed by atoms with van der Waals surface area (Å²) in [5.41, 5.74) is -1.30. The van der Waals surface area contributed by atoms with E-state index in [-0.39, 0.29) is 36.4 Å². The van der Waals surface area contributed by atoms with E-state index < -0.39 is 59.4 Å². The zero-order valence-electron chi connectivity index (χ0n) is 28.8. The van der Waals surface area contributed by atoms with Crippen molar-refractivity contribution in [1.29, 1.82) is 0 Å². The van der Waals surface area contributed by atoms with Crippen LogP contribution in [0, 0.1) is 11.3 Å². The first-order chi connectivity index (χ1) is 23.6. The molecule has 0 saturated carbocycles. The summed E-state index contributed by atoms with van der Waals surface area (Å²) in [6.45, 7) is 5.99. The first kappa shape index (κ1) is 39.2. The van der Waals surface area contributed by atoms with Crippen molar-refractivity contribution in [1.82, 2.24) is 4.90 Å². The predicted molar refractivity (Wildman–Crippen MR) is 179 cm³/mol. The van der Waals surface area contributed by atoms with Crippen molar-refractivity contribution in [2.75, 3.05) is 39.2 Å². The molecule has 0 heterocycles. The molecule has 3 aromatic carbocycles. The van der Waals surface area contributed by atoms with Crippen molar-refractivity contribution in [2.24, 2.45) is 11.3 Å². The zero-order chi connectivity index (χ0) is 37.2. The van der Waals surface area contributed by atoms with E-state index in [0.717, 1.165) is 12.1 Å². The second-order valence-corrected chi connectivity index (χ2v) is 11.7. The van der Waals surface area contributed by atoms with Gasteiger partial charge in [-0.3, -0.25) is 24.0 Å². The van der Waals surface area contributed by atoms with E-state index in [1.807, 2.05) is 0 Å². The number of ether oxygens (including phenoxy) is 3. The quantitative estimate of drug-likeness (QED) is 0.114. The maximum atomic E-state index is 13.5. The number of rotatable bonds is 14. The molecule has 50 heavy (non-hydrogen) atoms. The molecule has 2 amide bonds. The van der Waals surface area contributed by atoms with E-state index in [0.29, 0.717) is 23.1 Å². The first-order valence-electron chi connectivity index (χ1n) is 16.0. The van der Waals surface area contributed by atoms with Crippen LogP contribution in [0.1, 0.15) is 66.0 Å². The number of anilines is 1. The number of esters is 3. The lowest BCUT2D eigenvalue weighted by molar-refractivity contribution is -0.183. The summed E-state index contributed by atoms with van der Waals surface area (Å²) in [6.07, 6.45) is -4.48. The number of amides is 2. The van der Waals surface area contributed by atoms with Gasteiger partial charge in [0.05, 0.1) is 36.4 Å². The van der Waals surface area contributed by atoms with Crippen molar-refractivity contribution in [2.45, 2.75) is 46.7 Å². The van der Waals surface area contributed by atoms with Crippen molar-refractivity contribution in [3.8, 4) is 11.1 Å². The molecule has 0 saturated heterocycles. The highest BCUT2D eigenvalue weighted by Crippen LogP contribution is 2.35. The van der Waals surface area contributed by atoms with Crippen LogP contribution in [-0.4, -0.2) is 68.5 Å². The number of hydrogen-bond donors (Lipinski definition) is 1. The molecule has 0 aliphatic rings. The Morgan fingerprint density at radius 1 is 0.800 bits per heavy atom. The van der Waals surface area contributed by atoms with Crippen LogP contribution in [-0.2, 0) is 41.2 Å². The molecule has 0 aromatic heterocycles. The summed E-state index contributed by atoms with van der Waals surface area (Å²) in [7, 11) is 3.02. The zero-order valence-corrected chi connectivity index (χ0v) is 28.8. The molecular formula is C37H41F3N2O8. The maximum Gasteiger partial charge on any atom is 0.416 e. The molecule has 0 spiro atoms. The molecule has 0 fully saturated rings. The monoisotopic (exact) mass is 698 g/mol. The summed E-state index contributed by atoms with van der Waals surface area (Å²) < 4.78 is 55.2. The minimum atomic E-state index is -4.52. The Balaban J connectivity index is 1.89. The molecule has 0 aliphatic heterocycles. The lowest BCUT2D eigenvalue weighted by Gasteiger charge is -2.33. The van der Waals surface area contributed by atoms with Crippen LogP contribution in [0.3, 0.4) is 0 Å². The van der Waals surface area contributed by atoms with Gasteiger partial charge < -0.3 is 24.4 Å². The molecule has 10 nitrogen and oxygen atoms in total. The molecule has 1 atom stereocenters. The van der Waals surface area contributed by atoms with Crippen molar-refractivity contribution in [3.05, 3.63) is 89.0 Å². The number of benzene rings is 3. The van der Waals surface area contributed by atoms with E-state index >= 15 is 0 Å². The third kappa shape index (κ3) is 9.07. The Hall–Kier alpha value is -5.20. The minimum Gasteiger partial charge on any atom is -0.465 e. The van der Waals surface area contributed by atoms with E-state index in [4.69, 9.17) is 14.2 Å². The van der Waals surface area contributed by atoms with Crippen LogP contribution in [0.2, 0.25) is 0 Å². The van der Waals surface area contributed by atoms with Gasteiger partial charge in [-0.15, -0.1) is 0 Å². The van der Waals surface area contributed by atoms with Gasteiger partial charge >= 0.3 is 24.1 Å². The average molecular weight is 699 g/mol. The second-order valence-electron chi connectivity index (χ2n) is 11.7. The van der Waals surface area contributed by atoms with Crippen molar-refractivity contribution in [3.63, 3.8) is 0 Å². The topological polar surface area (TPSA) is 128 Å². The normalized spacial score (nSPS) is 12.0. The summed E-state index contributed by atoms with van der Waals surface area (Å²) >= 11 is 0. The number of nitrogens with zero attached hydrogens (tertiary/aromatic N) is 1. The number of alkyl halides is 3. The lowest BCUT2D eigenvalue weighted by Crippen LogP contribution is -2.50. The SMILES string of the molecule is CCOC(=O)C(COC(=O)Cc1ccc(NC(=O)c2ccccc2-c2ccc(C(F)(F)F)cc2)c(C(=O)N(C)C)c1)(C(=O)OCC)C(C)CC. The first-order valence-corrected chi connectivity index (χ1v) is 16.0. The predicted octanol–water partition coefficient (Wildman–Crippen LogP) is 6.57. The highest BCUT2D eigenvalue weighted by atomic mass is 19.4. The highest BCUT2D eigenvalue weighted by molar-refractivity contribution is 6.12. The summed E-state index contributed by atoms with van der Waals surface area (Å²) in [6, 6.07) is 15.1. The molecule has 268 valence electrons. The van der Waals surface area contributed by atoms with Gasteiger partial charge in [0.15, 0.2) is 0 Å². The van der Waals surface area contributed by atoms with Crippen LogP contribution < -0.4 is 5.32 Å². The van der Waals surface area contributed by atoms with Crippen LogP contribution in [0.15, 0.2) is 66.7 Å². The Morgan fingerprint density at radius 3 is 1.94 bits per heavy atom. The highest BCUT2D eigenvalue weighted by Gasteiger charge is 2.54. The number of hydrogen-bond acceptors (Lipinski definition) is 8. The van der Waals surface area contributed by atoms with Crippen LogP contribution in [0.5, 0.6) is 0 Å². The van der Waals surface area contributed by atoms with Crippen LogP contribution >= 0.6 is 0 Å². The number of halogens is 3. The van der Waals surface area contributed by atoms with Gasteiger partial charge in [0, 0.05) is 19.7 Å². The fourth-order valence-electron chi connectivity index (χ4n) is 5.22. The molecule has 1 unspecified atom stereocenters. The second kappa shape index (κ2) is 17.0. The largest absolute Gasteiger partial charge is 0.465 e. The Morgan fingerprint density at radius 2 is 1.40 bits per heavy atom. The molecule has 3 rings (SSSR count). The molecule has 1 N–H and O–H groups in total. The Kier molecular flexibility index (Phi) is 13.3. The van der Waals surface area contributed by atoms with Crippen LogP contribution in [0.25, 0.3) is 11.1 Å². The maximum absolute atomic E-state index is 13.5. The third-order valence-electron chi connectivity index (χ3n) is 8.21. The standard InChI is InChI=1S/C37H41F3N2O8/c1-7-23(4)36(34(46)48-8-2,35(47)49-9-3)22-50-31(43)21-24-14-19-30(29(20-24)33(45)42(5)6)41-32(44)28-13-11-10-12-27(28)25-15-17-26(18-16-25)37(38,39)40/h10-20,23H,7-9,21-22H2,1-6H3,(H,41,44). The number of nitrogens with one attached hydrogen (secondary N) is 1. The van der Waals surface area contributed by atoms with Gasteiger partial charge in [-0.25, -0.2) is 0 Å². The molecule has 3 aromatic rings. The molecule has 0 bridgehead atoms. The molecular weight excluding hydrogens is 657 g/mol. The third-order valence-corrected chi connectivity index (χ3v) is 8.21. The number of carbonyl (C=O) groups is 5.